The molecule has 0 radical (unpaired) electrons. The lowest BCUT2D eigenvalue weighted by Gasteiger charge is -2.28. The summed E-state index contributed by atoms with van der Waals surface area (Å²) in [6.07, 6.45) is 2.25. The first-order valence-corrected chi connectivity index (χ1v) is 6.96. The number of Topliss-reactive ketones (excluding diaryl/α,β-unsaturated/α-hetero) is 1. The quantitative estimate of drug-likeness (QED) is 0.453. The zero-order chi connectivity index (χ0) is 14.9. The van der Waals surface area contributed by atoms with Crippen molar-refractivity contribution in [1.82, 2.24) is 0 Å². The third-order valence-electron chi connectivity index (χ3n) is 3.43. The molecule has 0 aromatic heterocycles. The standard InChI is InChI=1S/C15H20N2O3/c1-10(2)9-16(12-4-5-12)15-7-6-13(17(19)20)8-14(15)11(3)18/h6-8,10,12H,4-5,9H2,1-3H3. The van der Waals surface area contributed by atoms with Crippen molar-refractivity contribution >= 4 is 17.2 Å². The van der Waals surface area contributed by atoms with Crippen molar-refractivity contribution in [2.45, 2.75) is 39.7 Å². The number of nitro groups is 1. The maximum Gasteiger partial charge on any atom is 0.270 e. The Kier molecular flexibility index (Phi) is 4.06. The van der Waals surface area contributed by atoms with E-state index in [1.165, 1.54) is 19.1 Å². The van der Waals surface area contributed by atoms with E-state index in [2.05, 4.69) is 18.7 Å². The van der Waals surface area contributed by atoms with Gasteiger partial charge in [-0.3, -0.25) is 14.9 Å². The van der Waals surface area contributed by atoms with Gasteiger partial charge in [-0.2, -0.15) is 0 Å². The van der Waals surface area contributed by atoms with Crippen LogP contribution in [-0.2, 0) is 0 Å². The lowest BCUT2D eigenvalue weighted by Crippen LogP contribution is -2.31. The third-order valence-corrected chi connectivity index (χ3v) is 3.43. The molecule has 0 amide bonds. The molecule has 108 valence electrons. The molecule has 0 spiro atoms. The first kappa shape index (κ1) is 14.5. The topological polar surface area (TPSA) is 63.4 Å². The Morgan fingerprint density at radius 3 is 2.55 bits per heavy atom. The Hall–Kier alpha value is -1.91. The molecule has 0 N–H and O–H groups in total. The molecule has 1 aromatic carbocycles. The van der Waals surface area contributed by atoms with Gasteiger partial charge in [0, 0.05) is 36.0 Å². The van der Waals surface area contributed by atoms with Crippen LogP contribution in [0.5, 0.6) is 0 Å². The van der Waals surface area contributed by atoms with E-state index >= 15 is 0 Å². The number of carbonyl (C=O) groups excluding carboxylic acids is 1. The summed E-state index contributed by atoms with van der Waals surface area (Å²) in [5, 5.41) is 10.9. The largest absolute Gasteiger partial charge is 0.368 e. The van der Waals surface area contributed by atoms with Gasteiger partial charge in [0.05, 0.1) is 4.92 Å². The van der Waals surface area contributed by atoms with Crippen LogP contribution < -0.4 is 4.90 Å². The molecule has 0 atom stereocenters. The first-order chi connectivity index (χ1) is 9.40. The number of rotatable bonds is 6. The number of hydrogen-bond acceptors (Lipinski definition) is 4. The van der Waals surface area contributed by atoms with Gasteiger partial charge in [0.2, 0.25) is 0 Å². The average Bonchev–Trinajstić information content (AvgIpc) is 3.19. The second kappa shape index (κ2) is 5.61. The summed E-state index contributed by atoms with van der Waals surface area (Å²) in [4.78, 5) is 24.5. The number of anilines is 1. The van der Waals surface area contributed by atoms with Crippen molar-refractivity contribution in [3.63, 3.8) is 0 Å². The van der Waals surface area contributed by atoms with E-state index in [1.54, 1.807) is 6.07 Å². The number of ketones is 1. The van der Waals surface area contributed by atoms with Gasteiger partial charge in [0.1, 0.15) is 0 Å². The van der Waals surface area contributed by atoms with Gasteiger partial charge in [-0.25, -0.2) is 0 Å². The van der Waals surface area contributed by atoms with Crippen molar-refractivity contribution in [2.75, 3.05) is 11.4 Å². The molecule has 1 aromatic rings. The summed E-state index contributed by atoms with van der Waals surface area (Å²) in [5.41, 5.74) is 1.25. The molecule has 2 rings (SSSR count). The number of nitrogens with zero attached hydrogens (tertiary/aromatic N) is 2. The molecular weight excluding hydrogens is 256 g/mol. The van der Waals surface area contributed by atoms with Crippen LogP contribution in [0.4, 0.5) is 11.4 Å². The summed E-state index contributed by atoms with van der Waals surface area (Å²) >= 11 is 0. The predicted molar refractivity (Wildman–Crippen MR) is 78.3 cm³/mol. The molecule has 5 heteroatoms. The molecular formula is C15H20N2O3. The van der Waals surface area contributed by atoms with E-state index in [9.17, 15) is 14.9 Å². The second-order valence-corrected chi connectivity index (χ2v) is 5.79. The molecule has 0 saturated heterocycles. The zero-order valence-corrected chi connectivity index (χ0v) is 12.1. The van der Waals surface area contributed by atoms with Crippen LogP contribution in [0.2, 0.25) is 0 Å². The Bertz CT molecular complexity index is 536. The van der Waals surface area contributed by atoms with Gasteiger partial charge in [-0.05, 0) is 31.7 Å². The van der Waals surface area contributed by atoms with Gasteiger partial charge >= 0.3 is 0 Å². The van der Waals surface area contributed by atoms with E-state index in [4.69, 9.17) is 0 Å². The molecule has 1 saturated carbocycles. The molecule has 20 heavy (non-hydrogen) atoms. The fraction of sp³-hybridized carbons (Fsp3) is 0.533. The monoisotopic (exact) mass is 276 g/mol. The molecule has 5 nitrogen and oxygen atoms in total. The smallest absolute Gasteiger partial charge is 0.270 e. The average molecular weight is 276 g/mol. The minimum absolute atomic E-state index is 0.0285. The number of hydrogen-bond donors (Lipinski definition) is 0. The second-order valence-electron chi connectivity index (χ2n) is 5.79. The van der Waals surface area contributed by atoms with Crippen molar-refractivity contribution < 1.29 is 9.72 Å². The van der Waals surface area contributed by atoms with Crippen molar-refractivity contribution in [1.29, 1.82) is 0 Å². The molecule has 1 fully saturated rings. The molecule has 0 unspecified atom stereocenters. The lowest BCUT2D eigenvalue weighted by atomic mass is 10.1. The summed E-state index contributed by atoms with van der Waals surface area (Å²) in [6.45, 7) is 6.59. The Morgan fingerprint density at radius 1 is 1.45 bits per heavy atom. The van der Waals surface area contributed by atoms with E-state index in [1.807, 2.05) is 0 Å². The van der Waals surface area contributed by atoms with Crippen LogP contribution in [0.1, 0.15) is 44.0 Å². The third kappa shape index (κ3) is 3.15. The summed E-state index contributed by atoms with van der Waals surface area (Å²) in [5.74, 6) is 0.351. The van der Waals surface area contributed by atoms with Crippen molar-refractivity contribution in [2.24, 2.45) is 5.92 Å². The van der Waals surface area contributed by atoms with E-state index < -0.39 is 4.92 Å². The van der Waals surface area contributed by atoms with Crippen molar-refractivity contribution in [3.05, 3.63) is 33.9 Å². The maximum absolute atomic E-state index is 11.8. The lowest BCUT2D eigenvalue weighted by molar-refractivity contribution is -0.384. The highest BCUT2D eigenvalue weighted by molar-refractivity contribution is 6.00. The fourth-order valence-corrected chi connectivity index (χ4v) is 2.39. The van der Waals surface area contributed by atoms with Gasteiger partial charge in [0.25, 0.3) is 5.69 Å². The summed E-state index contributed by atoms with van der Waals surface area (Å²) in [6, 6.07) is 5.07. The van der Waals surface area contributed by atoms with Gasteiger partial charge in [-0.1, -0.05) is 13.8 Å². The van der Waals surface area contributed by atoms with Crippen LogP contribution in [0, 0.1) is 16.0 Å². The van der Waals surface area contributed by atoms with Gasteiger partial charge in [0.15, 0.2) is 5.78 Å². The Balaban J connectivity index is 2.42. The van der Waals surface area contributed by atoms with Crippen LogP contribution in [0.25, 0.3) is 0 Å². The Morgan fingerprint density at radius 2 is 2.10 bits per heavy atom. The van der Waals surface area contributed by atoms with E-state index in [0.29, 0.717) is 17.5 Å². The van der Waals surface area contributed by atoms with Crippen LogP contribution >= 0.6 is 0 Å². The maximum atomic E-state index is 11.8. The molecule has 0 heterocycles. The highest BCUT2D eigenvalue weighted by Crippen LogP contribution is 2.35. The highest BCUT2D eigenvalue weighted by atomic mass is 16.6. The Labute approximate surface area is 118 Å². The number of benzene rings is 1. The van der Waals surface area contributed by atoms with Crippen LogP contribution in [0.3, 0.4) is 0 Å². The predicted octanol–water partition coefficient (Wildman–Crippen LogP) is 3.42. The first-order valence-electron chi connectivity index (χ1n) is 6.96. The SMILES string of the molecule is CC(=O)c1cc([N+](=O)[O-])ccc1N(CC(C)C)C1CC1. The summed E-state index contributed by atoms with van der Waals surface area (Å²) < 4.78 is 0. The van der Waals surface area contributed by atoms with Crippen molar-refractivity contribution in [3.8, 4) is 0 Å². The number of nitro benzene ring substituents is 1. The van der Waals surface area contributed by atoms with E-state index in [-0.39, 0.29) is 11.5 Å². The number of carbonyl (C=O) groups is 1. The van der Waals surface area contributed by atoms with Crippen LogP contribution in [0.15, 0.2) is 18.2 Å². The van der Waals surface area contributed by atoms with Gasteiger partial charge < -0.3 is 4.90 Å². The molecule has 1 aliphatic rings. The molecule has 0 aliphatic heterocycles. The molecule has 0 bridgehead atoms. The zero-order valence-electron chi connectivity index (χ0n) is 12.1. The van der Waals surface area contributed by atoms with E-state index in [0.717, 1.165) is 25.1 Å². The summed E-state index contributed by atoms with van der Waals surface area (Å²) in [7, 11) is 0. The minimum Gasteiger partial charge on any atom is -0.368 e. The fourth-order valence-electron chi connectivity index (χ4n) is 2.39. The number of non-ortho nitro benzene ring substituents is 1. The van der Waals surface area contributed by atoms with Gasteiger partial charge in [-0.15, -0.1) is 0 Å². The normalized spacial score (nSPS) is 14.4. The highest BCUT2D eigenvalue weighted by Gasteiger charge is 2.31. The molecule has 1 aliphatic carbocycles. The van der Waals surface area contributed by atoms with Crippen LogP contribution in [-0.4, -0.2) is 23.3 Å². The minimum atomic E-state index is -0.458.